The van der Waals surface area contributed by atoms with Gasteiger partial charge in [-0.3, -0.25) is 9.48 Å². The van der Waals surface area contributed by atoms with E-state index in [1.807, 2.05) is 0 Å². The number of halogens is 2. The van der Waals surface area contributed by atoms with Crippen LogP contribution in [0, 0.1) is 0 Å². The van der Waals surface area contributed by atoms with Crippen LogP contribution >= 0.6 is 38.9 Å². The molecule has 0 saturated carbocycles. The second-order valence-corrected chi connectivity index (χ2v) is 7.20. The minimum atomic E-state index is -0.476. The van der Waals surface area contributed by atoms with Crippen molar-refractivity contribution < 1.29 is 14.3 Å². The first-order valence-corrected chi connectivity index (χ1v) is 8.75. The average Bonchev–Trinajstić information content (AvgIpc) is 3.10. The number of nitrogens with zero attached hydrogens (tertiary/aromatic N) is 2. The van der Waals surface area contributed by atoms with Crippen LogP contribution in [0.5, 0.6) is 0 Å². The number of thiophene rings is 1. The zero-order chi connectivity index (χ0) is 17.3. The van der Waals surface area contributed by atoms with Gasteiger partial charge in [-0.25, -0.2) is 4.79 Å². The highest BCUT2D eigenvalue weighted by Crippen LogP contribution is 2.37. The molecule has 0 fully saturated rings. The van der Waals surface area contributed by atoms with Gasteiger partial charge in [0.15, 0.2) is 0 Å². The van der Waals surface area contributed by atoms with Crippen molar-refractivity contribution in [3.05, 3.63) is 45.0 Å². The van der Waals surface area contributed by atoms with Crippen LogP contribution in [0.4, 0.5) is 5.69 Å². The Balaban J connectivity index is 1.80. The molecule has 124 valence electrons. The van der Waals surface area contributed by atoms with E-state index in [0.717, 1.165) is 14.6 Å². The predicted molar refractivity (Wildman–Crippen MR) is 96.7 cm³/mol. The molecule has 3 aromatic rings. The molecule has 2 aromatic heterocycles. The number of hydrogen-bond donors (Lipinski definition) is 1. The fraction of sp³-hybridized carbons (Fsp3) is 0.133. The summed E-state index contributed by atoms with van der Waals surface area (Å²) in [4.78, 5) is 24.1. The van der Waals surface area contributed by atoms with Crippen LogP contribution < -0.4 is 5.32 Å². The van der Waals surface area contributed by atoms with E-state index in [0.29, 0.717) is 15.6 Å². The largest absolute Gasteiger partial charge is 0.465 e. The van der Waals surface area contributed by atoms with E-state index in [9.17, 15) is 9.59 Å². The molecule has 3 rings (SSSR count). The Morgan fingerprint density at radius 2 is 2.25 bits per heavy atom. The number of aromatic nitrogens is 2. The molecule has 0 aliphatic rings. The number of hydrogen-bond acceptors (Lipinski definition) is 5. The summed E-state index contributed by atoms with van der Waals surface area (Å²) in [7, 11) is 1.31. The van der Waals surface area contributed by atoms with Gasteiger partial charge in [0.2, 0.25) is 5.91 Å². The summed E-state index contributed by atoms with van der Waals surface area (Å²) in [6, 6.07) is 5.27. The van der Waals surface area contributed by atoms with Crippen LogP contribution in [0.2, 0.25) is 5.02 Å². The minimum absolute atomic E-state index is 0.0994. The van der Waals surface area contributed by atoms with Crippen molar-refractivity contribution in [1.82, 2.24) is 9.78 Å². The highest BCUT2D eigenvalue weighted by Gasteiger charge is 2.18. The van der Waals surface area contributed by atoms with Crippen LogP contribution in [0.25, 0.3) is 10.1 Å². The van der Waals surface area contributed by atoms with Crippen molar-refractivity contribution in [2.45, 2.75) is 6.54 Å². The van der Waals surface area contributed by atoms with Crippen LogP contribution in [-0.2, 0) is 16.1 Å². The highest BCUT2D eigenvalue weighted by atomic mass is 79.9. The van der Waals surface area contributed by atoms with E-state index in [1.54, 1.807) is 30.6 Å². The van der Waals surface area contributed by atoms with Crippen molar-refractivity contribution in [1.29, 1.82) is 0 Å². The molecule has 0 unspecified atom stereocenters. The number of anilines is 1. The first-order chi connectivity index (χ1) is 11.5. The van der Waals surface area contributed by atoms with Gasteiger partial charge >= 0.3 is 5.97 Å². The Bertz CT molecular complexity index is 937. The average molecular weight is 429 g/mol. The van der Waals surface area contributed by atoms with Gasteiger partial charge < -0.3 is 10.1 Å². The molecule has 0 bridgehead atoms. The van der Waals surface area contributed by atoms with Crippen LogP contribution in [-0.4, -0.2) is 28.8 Å². The molecule has 1 N–H and O–H groups in total. The predicted octanol–water partition coefficient (Wildman–Crippen LogP) is 3.94. The summed E-state index contributed by atoms with van der Waals surface area (Å²) in [6.07, 6.45) is 3.33. The molecule has 0 radical (unpaired) electrons. The summed E-state index contributed by atoms with van der Waals surface area (Å²) >= 11 is 10.7. The van der Waals surface area contributed by atoms with E-state index in [1.165, 1.54) is 23.1 Å². The summed E-state index contributed by atoms with van der Waals surface area (Å²) < 4.78 is 7.83. The van der Waals surface area contributed by atoms with Crippen molar-refractivity contribution in [2.75, 3.05) is 12.4 Å². The first kappa shape index (κ1) is 16.9. The van der Waals surface area contributed by atoms with Gasteiger partial charge in [-0.2, -0.15) is 5.10 Å². The minimum Gasteiger partial charge on any atom is -0.465 e. The smallest absolute Gasteiger partial charge is 0.349 e. The van der Waals surface area contributed by atoms with Crippen LogP contribution in [0.1, 0.15) is 9.67 Å². The monoisotopic (exact) mass is 427 g/mol. The summed E-state index contributed by atoms with van der Waals surface area (Å²) in [6.45, 7) is 0.0994. The number of fused-ring (bicyclic) bond motifs is 1. The second-order valence-electron chi connectivity index (χ2n) is 4.85. The van der Waals surface area contributed by atoms with Gasteiger partial charge in [0.05, 0.1) is 22.8 Å². The number of rotatable bonds is 4. The highest BCUT2D eigenvalue weighted by molar-refractivity contribution is 9.10. The van der Waals surface area contributed by atoms with Gasteiger partial charge in [0.1, 0.15) is 11.4 Å². The Morgan fingerprint density at radius 3 is 2.92 bits per heavy atom. The molecule has 0 spiro atoms. The van der Waals surface area contributed by atoms with Crippen molar-refractivity contribution >= 4 is 66.5 Å². The van der Waals surface area contributed by atoms with Crippen molar-refractivity contribution in [3.8, 4) is 0 Å². The third kappa shape index (κ3) is 3.45. The Morgan fingerprint density at radius 1 is 1.46 bits per heavy atom. The third-order valence-electron chi connectivity index (χ3n) is 3.19. The van der Waals surface area contributed by atoms with E-state index in [2.05, 4.69) is 26.3 Å². The quantitative estimate of drug-likeness (QED) is 0.639. The molecular weight excluding hydrogens is 418 g/mol. The summed E-state index contributed by atoms with van der Waals surface area (Å²) in [5, 5.41) is 7.94. The molecule has 0 saturated heterocycles. The Hall–Kier alpha value is -1.90. The number of methoxy groups -OCH3 is 1. The fourth-order valence-corrected chi connectivity index (χ4v) is 3.93. The maximum atomic E-state index is 12.1. The lowest BCUT2D eigenvalue weighted by Gasteiger charge is -2.05. The molecule has 6 nitrogen and oxygen atoms in total. The zero-order valence-corrected chi connectivity index (χ0v) is 15.5. The maximum Gasteiger partial charge on any atom is 0.349 e. The summed E-state index contributed by atoms with van der Waals surface area (Å²) in [5.74, 6) is -0.683. The lowest BCUT2D eigenvalue weighted by Crippen LogP contribution is -2.18. The van der Waals surface area contributed by atoms with E-state index >= 15 is 0 Å². The molecule has 0 aliphatic heterocycles. The third-order valence-corrected chi connectivity index (χ3v) is 5.24. The molecule has 1 amide bonds. The lowest BCUT2D eigenvalue weighted by molar-refractivity contribution is -0.116. The topological polar surface area (TPSA) is 73.2 Å². The zero-order valence-electron chi connectivity index (χ0n) is 12.4. The maximum absolute atomic E-state index is 12.1. The fourth-order valence-electron chi connectivity index (χ4n) is 2.14. The van der Waals surface area contributed by atoms with Gasteiger partial charge in [-0.15, -0.1) is 11.3 Å². The number of nitrogens with one attached hydrogen (secondary N) is 1. The second kappa shape index (κ2) is 6.92. The molecule has 0 aliphatic carbocycles. The van der Waals surface area contributed by atoms with E-state index < -0.39 is 5.97 Å². The van der Waals surface area contributed by atoms with Gasteiger partial charge in [0.25, 0.3) is 0 Å². The van der Waals surface area contributed by atoms with Gasteiger partial charge in [-0.05, 0) is 34.1 Å². The Labute approximate surface area is 154 Å². The summed E-state index contributed by atoms with van der Waals surface area (Å²) in [5.41, 5.74) is 0.619. The van der Waals surface area contributed by atoms with E-state index in [4.69, 9.17) is 16.3 Å². The number of benzene rings is 1. The molecular formula is C15H11BrClN3O3S. The lowest BCUT2D eigenvalue weighted by atomic mass is 10.2. The van der Waals surface area contributed by atoms with Gasteiger partial charge in [0, 0.05) is 22.0 Å². The molecule has 24 heavy (non-hydrogen) atoms. The Kier molecular flexibility index (Phi) is 4.88. The van der Waals surface area contributed by atoms with Crippen LogP contribution in [0.3, 0.4) is 0 Å². The number of carbonyl (C=O) groups is 2. The number of esters is 1. The van der Waals surface area contributed by atoms with E-state index in [-0.39, 0.29) is 12.5 Å². The number of ether oxygens (including phenoxy) is 1. The normalized spacial score (nSPS) is 10.8. The molecule has 2 heterocycles. The SMILES string of the molecule is COC(=O)c1sc2cc(NC(=O)Cn3cc(Br)cn3)ccc2c1Cl. The van der Waals surface area contributed by atoms with Crippen molar-refractivity contribution in [2.24, 2.45) is 0 Å². The molecule has 1 aromatic carbocycles. The standard InChI is InChI=1S/C15H11BrClN3O3S/c1-23-15(22)14-13(17)10-3-2-9(4-11(10)24-14)19-12(21)7-20-6-8(16)5-18-20/h2-6H,7H2,1H3,(H,19,21). The van der Waals surface area contributed by atoms with Crippen LogP contribution in [0.15, 0.2) is 35.1 Å². The molecule has 0 atom stereocenters. The molecule has 9 heteroatoms. The van der Waals surface area contributed by atoms with Gasteiger partial charge in [-0.1, -0.05) is 11.6 Å². The van der Waals surface area contributed by atoms with Crippen molar-refractivity contribution in [3.63, 3.8) is 0 Å². The number of amides is 1. The number of carbonyl (C=O) groups excluding carboxylic acids is 2. The first-order valence-electron chi connectivity index (χ1n) is 6.76.